The average molecular weight is 326 g/mol. The molecule has 3 aromatic rings. The van der Waals surface area contributed by atoms with Crippen LogP contribution in [0.2, 0.25) is 0 Å². The molecule has 124 valence electrons. The van der Waals surface area contributed by atoms with Crippen LogP contribution >= 0.6 is 0 Å². The van der Waals surface area contributed by atoms with Gasteiger partial charge in [-0.25, -0.2) is 4.98 Å². The third kappa shape index (κ3) is 3.62. The van der Waals surface area contributed by atoms with Gasteiger partial charge in [-0.2, -0.15) is 0 Å². The largest absolute Gasteiger partial charge is 0.469 e. The highest BCUT2D eigenvalue weighted by Crippen LogP contribution is 2.14. The fraction of sp³-hybridized carbons (Fsp3) is 0.235. The van der Waals surface area contributed by atoms with Crippen molar-refractivity contribution in [1.29, 1.82) is 0 Å². The van der Waals surface area contributed by atoms with Gasteiger partial charge >= 0.3 is 0 Å². The summed E-state index contributed by atoms with van der Waals surface area (Å²) in [6.45, 7) is 0. The van der Waals surface area contributed by atoms with E-state index in [0.717, 1.165) is 16.8 Å². The van der Waals surface area contributed by atoms with Gasteiger partial charge in [-0.15, -0.1) is 0 Å². The van der Waals surface area contributed by atoms with Gasteiger partial charge in [-0.05, 0) is 24.3 Å². The number of rotatable bonds is 5. The maximum absolute atomic E-state index is 12.0. The smallest absolute Gasteiger partial charge is 0.245 e. The summed E-state index contributed by atoms with van der Waals surface area (Å²) in [6, 6.07) is 11.2. The van der Waals surface area contributed by atoms with E-state index < -0.39 is 0 Å². The number of hydrogen-bond donors (Lipinski definition) is 2. The van der Waals surface area contributed by atoms with E-state index in [1.807, 2.05) is 35.9 Å². The Balaban J connectivity index is 1.49. The van der Waals surface area contributed by atoms with Crippen LogP contribution in [0.25, 0.3) is 11.0 Å². The molecule has 2 amide bonds. The van der Waals surface area contributed by atoms with Crippen LogP contribution in [-0.4, -0.2) is 21.4 Å². The van der Waals surface area contributed by atoms with E-state index in [-0.39, 0.29) is 24.7 Å². The van der Waals surface area contributed by atoms with Crippen LogP contribution in [-0.2, 0) is 29.5 Å². The molecule has 0 bridgehead atoms. The van der Waals surface area contributed by atoms with E-state index in [2.05, 4.69) is 15.8 Å². The highest BCUT2D eigenvalue weighted by molar-refractivity contribution is 5.84. The number of aromatic nitrogens is 2. The molecule has 0 atom stereocenters. The number of aryl methyl sites for hydroxylation is 2. The number of hydrogen-bond acceptors (Lipinski definition) is 4. The zero-order chi connectivity index (χ0) is 16.9. The van der Waals surface area contributed by atoms with E-state index in [1.165, 1.54) is 0 Å². The first-order valence-electron chi connectivity index (χ1n) is 7.64. The van der Waals surface area contributed by atoms with Crippen molar-refractivity contribution in [1.82, 2.24) is 20.4 Å². The summed E-state index contributed by atoms with van der Waals surface area (Å²) in [5, 5.41) is 0. The minimum Gasteiger partial charge on any atom is -0.469 e. The highest BCUT2D eigenvalue weighted by Gasteiger charge is 2.12. The lowest BCUT2D eigenvalue weighted by molar-refractivity contribution is -0.128. The summed E-state index contributed by atoms with van der Waals surface area (Å²) in [5.74, 6) is 0.777. The Labute approximate surface area is 138 Å². The lowest BCUT2D eigenvalue weighted by Crippen LogP contribution is -2.42. The molecule has 2 N–H and O–H groups in total. The Morgan fingerprint density at radius 2 is 1.92 bits per heavy atom. The van der Waals surface area contributed by atoms with Gasteiger partial charge in [0.25, 0.3) is 0 Å². The molecule has 0 saturated carbocycles. The lowest BCUT2D eigenvalue weighted by atomic mass is 10.2. The first kappa shape index (κ1) is 15.8. The molecule has 7 nitrogen and oxygen atoms in total. The lowest BCUT2D eigenvalue weighted by Gasteiger charge is -2.07. The monoisotopic (exact) mass is 326 g/mol. The molecule has 0 aliphatic carbocycles. The molecule has 24 heavy (non-hydrogen) atoms. The molecule has 7 heteroatoms. The maximum Gasteiger partial charge on any atom is 0.245 e. The van der Waals surface area contributed by atoms with E-state index in [4.69, 9.17) is 4.42 Å². The number of carbonyl (C=O) groups is 2. The van der Waals surface area contributed by atoms with Gasteiger partial charge in [0.15, 0.2) is 0 Å². The molecule has 0 aliphatic rings. The van der Waals surface area contributed by atoms with Crippen LogP contribution in [0.5, 0.6) is 0 Å². The zero-order valence-corrected chi connectivity index (χ0v) is 13.3. The van der Waals surface area contributed by atoms with Gasteiger partial charge in [0.2, 0.25) is 11.8 Å². The predicted octanol–water partition coefficient (Wildman–Crippen LogP) is 1.49. The number of hydrazine groups is 1. The van der Waals surface area contributed by atoms with Crippen molar-refractivity contribution in [2.24, 2.45) is 7.05 Å². The Kier molecular flexibility index (Phi) is 4.60. The van der Waals surface area contributed by atoms with Crippen molar-refractivity contribution in [3.8, 4) is 0 Å². The van der Waals surface area contributed by atoms with Crippen molar-refractivity contribution >= 4 is 22.8 Å². The predicted molar refractivity (Wildman–Crippen MR) is 87.7 cm³/mol. The molecule has 0 fully saturated rings. The van der Waals surface area contributed by atoms with Gasteiger partial charge in [0.1, 0.15) is 11.6 Å². The first-order chi connectivity index (χ1) is 11.6. The summed E-state index contributed by atoms with van der Waals surface area (Å²) >= 11 is 0. The van der Waals surface area contributed by atoms with Crippen LogP contribution < -0.4 is 10.9 Å². The minimum atomic E-state index is -0.320. The van der Waals surface area contributed by atoms with Crippen LogP contribution in [0, 0.1) is 0 Å². The maximum atomic E-state index is 12.0. The summed E-state index contributed by atoms with van der Waals surface area (Å²) in [7, 11) is 1.86. The van der Waals surface area contributed by atoms with Crippen LogP contribution in [0.4, 0.5) is 0 Å². The number of furan rings is 1. The summed E-state index contributed by atoms with van der Waals surface area (Å²) in [5.41, 5.74) is 6.61. The Bertz CT molecular complexity index is 852. The van der Waals surface area contributed by atoms with Gasteiger partial charge in [-0.1, -0.05) is 12.1 Å². The standard InChI is InChI=1S/C17H18N4O3/c1-21-14-7-3-2-6-13(14)18-15(21)11-17(23)20-19-16(22)9-8-12-5-4-10-24-12/h2-7,10H,8-9,11H2,1H3,(H,19,22)(H,20,23). The topological polar surface area (TPSA) is 89.2 Å². The molecular weight excluding hydrogens is 308 g/mol. The van der Waals surface area contributed by atoms with Crippen molar-refractivity contribution in [2.45, 2.75) is 19.3 Å². The highest BCUT2D eigenvalue weighted by atomic mass is 16.3. The summed E-state index contributed by atoms with van der Waals surface area (Å²) < 4.78 is 7.02. The minimum absolute atomic E-state index is 0.0869. The van der Waals surface area contributed by atoms with Crippen molar-refractivity contribution in [3.05, 3.63) is 54.2 Å². The van der Waals surface area contributed by atoms with Gasteiger partial charge < -0.3 is 8.98 Å². The van der Waals surface area contributed by atoms with Gasteiger partial charge in [-0.3, -0.25) is 20.4 Å². The summed E-state index contributed by atoms with van der Waals surface area (Å²) in [6.07, 6.45) is 2.37. The number of benzene rings is 1. The number of para-hydroxylation sites is 2. The number of nitrogens with zero attached hydrogens (tertiary/aromatic N) is 2. The van der Waals surface area contributed by atoms with E-state index in [9.17, 15) is 9.59 Å². The number of fused-ring (bicyclic) bond motifs is 1. The van der Waals surface area contributed by atoms with Crippen molar-refractivity contribution < 1.29 is 14.0 Å². The molecule has 0 spiro atoms. The summed E-state index contributed by atoms with van der Waals surface area (Å²) in [4.78, 5) is 28.1. The average Bonchev–Trinajstić information content (AvgIpc) is 3.20. The normalized spacial score (nSPS) is 10.7. The quantitative estimate of drug-likeness (QED) is 0.695. The fourth-order valence-electron chi connectivity index (χ4n) is 2.43. The molecule has 1 aromatic carbocycles. The Morgan fingerprint density at radius 3 is 2.67 bits per heavy atom. The van der Waals surface area contributed by atoms with Crippen molar-refractivity contribution in [2.75, 3.05) is 0 Å². The molecular formula is C17H18N4O3. The second-order valence-electron chi connectivity index (χ2n) is 5.43. The Morgan fingerprint density at radius 1 is 1.12 bits per heavy atom. The third-order valence-corrected chi connectivity index (χ3v) is 3.72. The van der Waals surface area contributed by atoms with Crippen molar-refractivity contribution in [3.63, 3.8) is 0 Å². The molecule has 0 radical (unpaired) electrons. The SMILES string of the molecule is Cn1c(CC(=O)NNC(=O)CCc2ccco2)nc2ccccc21. The number of nitrogens with one attached hydrogen (secondary N) is 2. The number of imidazole rings is 1. The molecule has 2 heterocycles. The van der Waals surface area contributed by atoms with E-state index in [1.54, 1.807) is 18.4 Å². The van der Waals surface area contributed by atoms with E-state index >= 15 is 0 Å². The fourth-order valence-corrected chi connectivity index (χ4v) is 2.43. The zero-order valence-electron chi connectivity index (χ0n) is 13.3. The molecule has 0 saturated heterocycles. The first-order valence-corrected chi connectivity index (χ1v) is 7.64. The van der Waals surface area contributed by atoms with Crippen LogP contribution in [0.3, 0.4) is 0 Å². The second kappa shape index (κ2) is 6.99. The number of carbonyl (C=O) groups excluding carboxylic acids is 2. The molecule has 2 aromatic heterocycles. The molecule has 0 unspecified atom stereocenters. The molecule has 0 aliphatic heterocycles. The van der Waals surface area contributed by atoms with Gasteiger partial charge in [0.05, 0.1) is 23.7 Å². The third-order valence-electron chi connectivity index (χ3n) is 3.72. The van der Waals surface area contributed by atoms with Crippen LogP contribution in [0.1, 0.15) is 18.0 Å². The van der Waals surface area contributed by atoms with E-state index in [0.29, 0.717) is 12.2 Å². The number of amides is 2. The second-order valence-corrected chi connectivity index (χ2v) is 5.43. The van der Waals surface area contributed by atoms with Gasteiger partial charge in [0, 0.05) is 19.9 Å². The Hall–Kier alpha value is -3.09. The van der Waals surface area contributed by atoms with Crippen LogP contribution in [0.15, 0.2) is 47.1 Å². The molecule has 3 rings (SSSR count).